The van der Waals surface area contributed by atoms with Gasteiger partial charge in [-0.3, -0.25) is 9.48 Å². The minimum Gasteiger partial charge on any atom is -0.479 e. The van der Waals surface area contributed by atoms with Gasteiger partial charge in [0.15, 0.2) is 0 Å². The van der Waals surface area contributed by atoms with E-state index in [2.05, 4.69) is 10.4 Å². The zero-order valence-corrected chi connectivity index (χ0v) is 13.3. The van der Waals surface area contributed by atoms with Gasteiger partial charge >= 0.3 is 0 Å². The predicted octanol–water partition coefficient (Wildman–Crippen LogP) is 1.85. The zero-order chi connectivity index (χ0) is 16.1. The molecule has 1 N–H and O–H groups in total. The first-order valence-electron chi connectivity index (χ1n) is 7.01. The van der Waals surface area contributed by atoms with Gasteiger partial charge in [-0.2, -0.15) is 0 Å². The molecule has 1 aromatic heterocycles. The van der Waals surface area contributed by atoms with Crippen LogP contribution in [0, 0.1) is 6.92 Å². The molecule has 2 rings (SSSR count). The standard InChI is InChI=1S/C16H21N3O3/c1-11-7-5-6-8-12(11)14(21-3)9-17-15(20)13-10-19(2)18-16(13)22-4/h5-8,10,14H,9H2,1-4H3,(H,17,20)/t14-/m1/s1. The largest absolute Gasteiger partial charge is 0.479 e. The first-order valence-corrected chi connectivity index (χ1v) is 7.01. The number of ether oxygens (including phenoxy) is 2. The summed E-state index contributed by atoms with van der Waals surface area (Å²) in [6.45, 7) is 2.39. The molecule has 0 radical (unpaired) electrons. The van der Waals surface area contributed by atoms with Crippen LogP contribution >= 0.6 is 0 Å². The Labute approximate surface area is 130 Å². The van der Waals surface area contributed by atoms with Gasteiger partial charge in [-0.1, -0.05) is 24.3 Å². The van der Waals surface area contributed by atoms with Crippen molar-refractivity contribution in [2.75, 3.05) is 20.8 Å². The molecule has 118 valence electrons. The molecule has 1 heterocycles. The highest BCUT2D eigenvalue weighted by molar-refractivity contribution is 5.96. The summed E-state index contributed by atoms with van der Waals surface area (Å²) in [6, 6.07) is 7.96. The highest BCUT2D eigenvalue weighted by atomic mass is 16.5. The summed E-state index contributed by atoms with van der Waals surface area (Å²) in [7, 11) is 4.86. The van der Waals surface area contributed by atoms with E-state index in [1.54, 1.807) is 25.0 Å². The van der Waals surface area contributed by atoms with Crippen LogP contribution in [0.2, 0.25) is 0 Å². The number of carbonyl (C=O) groups is 1. The second-order valence-corrected chi connectivity index (χ2v) is 5.02. The van der Waals surface area contributed by atoms with Gasteiger partial charge in [-0.25, -0.2) is 0 Å². The molecule has 0 aliphatic heterocycles. The lowest BCUT2D eigenvalue weighted by molar-refractivity contribution is 0.0823. The molecule has 1 aromatic carbocycles. The third-order valence-electron chi connectivity index (χ3n) is 3.50. The number of hydrogen-bond donors (Lipinski definition) is 1. The molecule has 2 aromatic rings. The van der Waals surface area contributed by atoms with Crippen LogP contribution in [-0.2, 0) is 11.8 Å². The molecule has 22 heavy (non-hydrogen) atoms. The minimum atomic E-state index is -0.236. The number of benzene rings is 1. The van der Waals surface area contributed by atoms with Gasteiger partial charge in [0, 0.05) is 26.9 Å². The molecule has 0 bridgehead atoms. The summed E-state index contributed by atoms with van der Waals surface area (Å²) in [5.41, 5.74) is 2.59. The van der Waals surface area contributed by atoms with Crippen molar-refractivity contribution >= 4 is 5.91 Å². The number of methoxy groups -OCH3 is 2. The summed E-state index contributed by atoms with van der Waals surface area (Å²) < 4.78 is 12.1. The van der Waals surface area contributed by atoms with Crippen molar-refractivity contribution < 1.29 is 14.3 Å². The molecule has 0 spiro atoms. The van der Waals surface area contributed by atoms with E-state index in [4.69, 9.17) is 9.47 Å². The number of aryl methyl sites for hydroxylation is 2. The van der Waals surface area contributed by atoms with E-state index in [1.165, 1.54) is 7.11 Å². The monoisotopic (exact) mass is 303 g/mol. The Morgan fingerprint density at radius 2 is 2.09 bits per heavy atom. The molecule has 6 nitrogen and oxygen atoms in total. The van der Waals surface area contributed by atoms with Gasteiger partial charge in [0.2, 0.25) is 5.88 Å². The highest BCUT2D eigenvalue weighted by Crippen LogP contribution is 2.20. The fourth-order valence-electron chi connectivity index (χ4n) is 2.32. The average molecular weight is 303 g/mol. The van der Waals surface area contributed by atoms with Gasteiger partial charge in [0.05, 0.1) is 13.2 Å². The SMILES string of the molecule is COc1nn(C)cc1C(=O)NC[C@@H](OC)c1ccccc1C. The summed E-state index contributed by atoms with van der Waals surface area (Å²) in [6.07, 6.45) is 1.43. The molecular formula is C16H21N3O3. The van der Waals surface area contributed by atoms with Crippen LogP contribution in [0.4, 0.5) is 0 Å². The number of amides is 1. The fraction of sp³-hybridized carbons (Fsp3) is 0.375. The Bertz CT molecular complexity index is 652. The predicted molar refractivity (Wildman–Crippen MR) is 83.0 cm³/mol. The van der Waals surface area contributed by atoms with Gasteiger partial charge in [0.1, 0.15) is 5.56 Å². The molecule has 0 saturated carbocycles. The Kier molecular flexibility index (Phi) is 5.16. The van der Waals surface area contributed by atoms with Crippen molar-refractivity contribution in [3.63, 3.8) is 0 Å². The molecule has 0 aliphatic carbocycles. The molecule has 1 atom stereocenters. The first-order chi connectivity index (χ1) is 10.6. The molecule has 1 amide bonds. The molecule has 0 aliphatic rings. The van der Waals surface area contributed by atoms with Crippen LogP contribution in [0.5, 0.6) is 5.88 Å². The molecule has 0 unspecified atom stereocenters. The zero-order valence-electron chi connectivity index (χ0n) is 13.3. The van der Waals surface area contributed by atoms with Gasteiger partial charge in [-0.05, 0) is 18.1 Å². The Hall–Kier alpha value is -2.34. The van der Waals surface area contributed by atoms with Gasteiger partial charge < -0.3 is 14.8 Å². The van der Waals surface area contributed by atoms with Crippen LogP contribution in [0.15, 0.2) is 30.5 Å². The van der Waals surface area contributed by atoms with Crippen LogP contribution in [0.1, 0.15) is 27.6 Å². The maximum atomic E-state index is 12.3. The smallest absolute Gasteiger partial charge is 0.258 e. The Morgan fingerprint density at radius 1 is 1.36 bits per heavy atom. The van der Waals surface area contributed by atoms with Crippen LogP contribution in [0.25, 0.3) is 0 Å². The van der Waals surface area contributed by atoms with Crippen molar-refractivity contribution in [1.82, 2.24) is 15.1 Å². The number of nitrogens with zero attached hydrogens (tertiary/aromatic N) is 2. The number of carbonyl (C=O) groups excluding carboxylic acids is 1. The van der Waals surface area contributed by atoms with E-state index in [0.29, 0.717) is 18.0 Å². The lowest BCUT2D eigenvalue weighted by atomic mass is 10.0. The maximum Gasteiger partial charge on any atom is 0.258 e. The van der Waals surface area contributed by atoms with Gasteiger partial charge in [0.25, 0.3) is 5.91 Å². The minimum absolute atomic E-state index is 0.201. The highest BCUT2D eigenvalue weighted by Gasteiger charge is 2.19. The average Bonchev–Trinajstić information content (AvgIpc) is 2.90. The van der Waals surface area contributed by atoms with Crippen LogP contribution in [0.3, 0.4) is 0 Å². The van der Waals surface area contributed by atoms with E-state index in [-0.39, 0.29) is 12.0 Å². The van der Waals surface area contributed by atoms with Crippen molar-refractivity contribution in [2.24, 2.45) is 7.05 Å². The summed E-state index contributed by atoms with van der Waals surface area (Å²) in [5.74, 6) is 0.0745. The topological polar surface area (TPSA) is 65.4 Å². The van der Waals surface area contributed by atoms with E-state index in [9.17, 15) is 4.79 Å². The summed E-state index contributed by atoms with van der Waals surface area (Å²) in [5, 5.41) is 6.94. The van der Waals surface area contributed by atoms with Crippen LogP contribution in [-0.4, -0.2) is 36.5 Å². The fourth-order valence-corrected chi connectivity index (χ4v) is 2.32. The third-order valence-corrected chi connectivity index (χ3v) is 3.50. The third kappa shape index (κ3) is 3.46. The second-order valence-electron chi connectivity index (χ2n) is 5.02. The molecule has 0 fully saturated rings. The number of aromatic nitrogens is 2. The van der Waals surface area contributed by atoms with E-state index in [1.807, 2.05) is 31.2 Å². The van der Waals surface area contributed by atoms with E-state index in [0.717, 1.165) is 11.1 Å². The quantitative estimate of drug-likeness (QED) is 0.884. The molecule has 0 saturated heterocycles. The first kappa shape index (κ1) is 16.0. The second kappa shape index (κ2) is 7.09. The lowest BCUT2D eigenvalue weighted by Crippen LogP contribution is -2.29. The number of hydrogen-bond acceptors (Lipinski definition) is 4. The summed E-state index contributed by atoms with van der Waals surface area (Å²) in [4.78, 5) is 12.3. The Balaban J connectivity index is 2.07. The number of nitrogens with one attached hydrogen (secondary N) is 1. The maximum absolute atomic E-state index is 12.3. The van der Waals surface area contributed by atoms with Crippen molar-refractivity contribution in [2.45, 2.75) is 13.0 Å². The van der Waals surface area contributed by atoms with E-state index >= 15 is 0 Å². The van der Waals surface area contributed by atoms with Crippen molar-refractivity contribution in [1.29, 1.82) is 0 Å². The van der Waals surface area contributed by atoms with Crippen molar-refractivity contribution in [3.05, 3.63) is 47.2 Å². The molecule has 6 heteroatoms. The number of rotatable bonds is 6. The van der Waals surface area contributed by atoms with E-state index < -0.39 is 0 Å². The van der Waals surface area contributed by atoms with Gasteiger partial charge in [-0.15, -0.1) is 5.10 Å². The molecular weight excluding hydrogens is 282 g/mol. The normalized spacial score (nSPS) is 12.0. The van der Waals surface area contributed by atoms with Crippen molar-refractivity contribution in [3.8, 4) is 5.88 Å². The summed E-state index contributed by atoms with van der Waals surface area (Å²) >= 11 is 0. The van der Waals surface area contributed by atoms with Crippen LogP contribution < -0.4 is 10.1 Å². The Morgan fingerprint density at radius 3 is 2.73 bits per heavy atom. The lowest BCUT2D eigenvalue weighted by Gasteiger charge is -2.18.